The number of rotatable bonds is 0. The summed E-state index contributed by atoms with van der Waals surface area (Å²) >= 11 is 5.49. The predicted molar refractivity (Wildman–Crippen MR) is 151 cm³/mol. The fourth-order valence-electron chi connectivity index (χ4n) is 6.90. The molecule has 39 heavy (non-hydrogen) atoms. The number of aliphatic hydroxyl groups is 1. The minimum atomic E-state index is -1.61. The van der Waals surface area contributed by atoms with Gasteiger partial charge in [-0.25, -0.2) is 0 Å². The normalized spacial score (nSPS) is 32.2. The Morgan fingerprint density at radius 1 is 1.21 bits per heavy atom. The number of amides is 1. The molecule has 1 fully saturated rings. The molecule has 5 atom stereocenters. The van der Waals surface area contributed by atoms with E-state index in [2.05, 4.69) is 21.4 Å². The van der Waals surface area contributed by atoms with Crippen molar-refractivity contribution in [2.45, 2.75) is 57.0 Å². The van der Waals surface area contributed by atoms with Crippen LogP contribution in [0, 0.1) is 29.4 Å². The van der Waals surface area contributed by atoms with E-state index in [-0.39, 0.29) is 17.3 Å². The fourth-order valence-corrected chi connectivity index (χ4v) is 8.09. The van der Waals surface area contributed by atoms with Crippen LogP contribution in [0.15, 0.2) is 52.9 Å². The van der Waals surface area contributed by atoms with E-state index in [9.17, 15) is 14.1 Å². The van der Waals surface area contributed by atoms with Crippen LogP contribution >= 0.6 is 0 Å². The van der Waals surface area contributed by atoms with Gasteiger partial charge in [-0.1, -0.05) is 36.8 Å². The molecule has 0 saturated heterocycles. The fraction of sp³-hybridized carbons (Fsp3) is 0.516. The molecule has 1 saturated carbocycles. The zero-order valence-corrected chi connectivity index (χ0v) is 24.0. The molecule has 0 unspecified atom stereocenters. The number of aryl methyl sites for hydroxylation is 1. The van der Waals surface area contributed by atoms with Gasteiger partial charge in [-0.05, 0) is 79.7 Å². The molecule has 6 rings (SSSR count). The van der Waals surface area contributed by atoms with Crippen LogP contribution < -0.4 is 9.64 Å². The van der Waals surface area contributed by atoms with Gasteiger partial charge >= 0.3 is 0 Å². The first kappa shape index (κ1) is 26.9. The quantitative estimate of drug-likeness (QED) is 0.352. The Kier molecular flexibility index (Phi) is 7.51. The highest BCUT2D eigenvalue weighted by atomic mass is 35.5. The first-order valence-electron chi connectivity index (χ1n) is 14.1. The van der Waals surface area contributed by atoms with Gasteiger partial charge in [0.25, 0.3) is 5.91 Å². The highest BCUT2D eigenvalue weighted by molar-refractivity contribution is 7.75. The first-order chi connectivity index (χ1) is 18.8. The number of fused-ring (bicyclic) bond motifs is 4. The molecule has 2 aliphatic heterocycles. The van der Waals surface area contributed by atoms with Crippen molar-refractivity contribution in [3.8, 4) is 5.75 Å². The van der Waals surface area contributed by atoms with E-state index in [1.165, 1.54) is 11.1 Å². The number of benzene rings is 2. The third-order valence-corrected chi connectivity index (χ3v) is 10.6. The summed E-state index contributed by atoms with van der Waals surface area (Å²) in [7, 11) is -1.61. The number of hydrogen-bond donors (Lipinski definition) is 1. The van der Waals surface area contributed by atoms with Crippen LogP contribution in [0.1, 0.15) is 60.5 Å². The smallest absolute Gasteiger partial charge is 0.254 e. The van der Waals surface area contributed by atoms with Crippen LogP contribution in [0.5, 0.6) is 5.75 Å². The zero-order chi connectivity index (χ0) is 27.1. The van der Waals surface area contributed by atoms with Crippen molar-refractivity contribution in [2.24, 2.45) is 22.1 Å². The van der Waals surface area contributed by atoms with Crippen molar-refractivity contribution in [3.05, 3.63) is 70.3 Å². The Morgan fingerprint density at radius 3 is 2.90 bits per heavy atom. The molecule has 2 aliphatic carbocycles. The summed E-state index contributed by atoms with van der Waals surface area (Å²) in [5, 5.41) is 11.9. The summed E-state index contributed by atoms with van der Waals surface area (Å²) < 4.78 is 23.2. The van der Waals surface area contributed by atoms with E-state index in [1.54, 1.807) is 6.07 Å². The number of anilines is 1. The molecule has 2 heterocycles. The molecule has 1 amide bonds. The lowest BCUT2D eigenvalue weighted by molar-refractivity contribution is -0.289. The van der Waals surface area contributed by atoms with E-state index in [0.29, 0.717) is 30.3 Å². The summed E-state index contributed by atoms with van der Waals surface area (Å²) in [6.07, 6.45) is 9.28. The molecule has 1 spiro atoms. The van der Waals surface area contributed by atoms with Crippen LogP contribution in [0.4, 0.5) is 5.69 Å². The summed E-state index contributed by atoms with van der Waals surface area (Å²) in [5.41, 5.74) is 3.73. The molecular formula is C31H37ClN2O4S. The maximum absolute atomic E-state index is 13.1. The van der Waals surface area contributed by atoms with Gasteiger partial charge < -0.3 is 23.3 Å². The minimum absolute atomic E-state index is 0.0955. The molecule has 2 aromatic rings. The Bertz CT molecular complexity index is 1390. The number of carbonyl (C=O) groups is 1. The lowest BCUT2D eigenvalue weighted by atomic mass is 9.68. The minimum Gasteiger partial charge on any atom is -0.490 e. The van der Waals surface area contributed by atoms with E-state index in [0.717, 1.165) is 61.7 Å². The third kappa shape index (κ3) is 5.38. The number of nitrogens with zero attached hydrogens (tertiary/aromatic N) is 2. The van der Waals surface area contributed by atoms with Gasteiger partial charge in [0.2, 0.25) is 5.02 Å². The van der Waals surface area contributed by atoms with Crippen LogP contribution in [0.2, 0.25) is 5.02 Å². The Hall–Kier alpha value is -2.35. The maximum Gasteiger partial charge on any atom is 0.254 e. The van der Waals surface area contributed by atoms with Gasteiger partial charge in [0.05, 0.1) is 18.4 Å². The second-order valence-electron chi connectivity index (χ2n) is 12.0. The van der Waals surface area contributed by atoms with Gasteiger partial charge in [-0.2, -0.15) is 10.6 Å². The highest BCUT2D eigenvalue weighted by Gasteiger charge is 2.44. The second-order valence-corrected chi connectivity index (χ2v) is 13.6. The molecule has 4 aliphatic rings. The van der Waals surface area contributed by atoms with Gasteiger partial charge in [0, 0.05) is 36.2 Å². The van der Waals surface area contributed by atoms with E-state index < -0.39 is 22.6 Å². The number of aliphatic hydroxyl groups excluding tert-OH is 1. The molecule has 0 radical (unpaired) electrons. The van der Waals surface area contributed by atoms with Crippen LogP contribution in [-0.2, 0) is 26.6 Å². The Morgan fingerprint density at radius 2 is 2.08 bits per heavy atom. The molecule has 208 valence electrons. The van der Waals surface area contributed by atoms with Crippen molar-refractivity contribution in [1.29, 1.82) is 0 Å². The van der Waals surface area contributed by atoms with Gasteiger partial charge in [-0.15, -0.1) is 0 Å². The number of ether oxygens (including phenoxy) is 1. The maximum atomic E-state index is 13.1. The molecule has 2 aromatic carbocycles. The summed E-state index contributed by atoms with van der Waals surface area (Å²) in [6, 6.07) is 11.8. The van der Waals surface area contributed by atoms with Crippen LogP contribution in [-0.4, -0.2) is 42.6 Å². The van der Waals surface area contributed by atoms with Crippen molar-refractivity contribution < 1.29 is 30.4 Å². The Labute approximate surface area is 237 Å². The summed E-state index contributed by atoms with van der Waals surface area (Å²) in [4.78, 5) is 15.5. The lowest BCUT2D eigenvalue weighted by Gasteiger charge is -2.45. The van der Waals surface area contributed by atoms with Crippen LogP contribution in [0.25, 0.3) is 0 Å². The lowest BCUT2D eigenvalue weighted by Crippen LogP contribution is -2.49. The molecule has 8 heteroatoms. The summed E-state index contributed by atoms with van der Waals surface area (Å²) in [5.74, 6) is 1.24. The van der Waals surface area contributed by atoms with E-state index >= 15 is 0 Å². The Balaban J connectivity index is 1.43. The third-order valence-electron chi connectivity index (χ3n) is 9.15. The zero-order valence-electron chi connectivity index (χ0n) is 22.4. The van der Waals surface area contributed by atoms with Crippen molar-refractivity contribution in [2.75, 3.05) is 30.3 Å². The first-order valence-corrected chi connectivity index (χ1v) is 15.8. The molecular weight excluding hydrogens is 532 g/mol. The monoisotopic (exact) mass is 568 g/mol. The number of hydrogen-bond acceptors (Lipinski definition) is 6. The standard InChI is InChI=1S/C31H37ClN2O4S/c1-20-4-2-6-28(35)25-10-7-23(25)16-34-18-31(13-3-5-21-14-24(32)9-11-26(21)31)19-38-29-12-8-22(15-27(29)34)30(36)33-39(37)17-20/h2,6,8-9,11-12,14-15,20,23,25,28,32,35H,3-5,7,10,13,16-19H2,1H3/b6-2+/t20-,23-,25+,28-,31-/m0/s1. The molecule has 1 N–H and O–H groups in total. The number of halogens is 1. The predicted octanol–water partition coefficient (Wildman–Crippen LogP) is 5.13. The van der Waals surface area contributed by atoms with Gasteiger partial charge in [0.15, 0.2) is 11.6 Å². The van der Waals surface area contributed by atoms with Crippen molar-refractivity contribution >= 4 is 22.2 Å². The SMILES string of the molecule is C[C@H]1C/C=C/[C@H](O)[C@@H]2CC[C@H]2CN2C[C@@]3(CCCc4cc([ClH+])ccc43)COc3ccc(cc32)C(=O)N=[S-](=O)C1. The number of carbonyl (C=O) groups excluding carboxylic acids is 1. The molecule has 2 bridgehead atoms. The van der Waals surface area contributed by atoms with Crippen LogP contribution in [0.3, 0.4) is 0 Å². The average molecular weight is 569 g/mol. The molecule has 0 aromatic heterocycles. The van der Waals surface area contributed by atoms with Gasteiger partial charge in [-0.3, -0.25) is 4.79 Å². The van der Waals surface area contributed by atoms with Crippen molar-refractivity contribution in [3.63, 3.8) is 0 Å². The molecule has 6 nitrogen and oxygen atoms in total. The topological polar surface area (TPSA) is 79.2 Å². The van der Waals surface area contributed by atoms with Gasteiger partial charge in [0.1, 0.15) is 5.75 Å². The summed E-state index contributed by atoms with van der Waals surface area (Å²) in [6.45, 7) is 4.09. The largest absolute Gasteiger partial charge is 0.490 e. The van der Waals surface area contributed by atoms with E-state index in [4.69, 9.17) is 16.3 Å². The number of allylic oxidation sites excluding steroid dienone is 1. The van der Waals surface area contributed by atoms with Crippen molar-refractivity contribution in [1.82, 2.24) is 0 Å². The van der Waals surface area contributed by atoms with E-state index in [1.807, 2.05) is 37.3 Å². The highest BCUT2D eigenvalue weighted by Crippen LogP contribution is 2.46. The second kappa shape index (κ2) is 10.9. The average Bonchev–Trinajstić information content (AvgIpc) is 3.03.